The first-order valence-corrected chi connectivity index (χ1v) is 11.3. The molecule has 6 heteroatoms. The number of aryl methyl sites for hydroxylation is 1. The monoisotopic (exact) mass is 462 g/mol. The lowest BCUT2D eigenvalue weighted by molar-refractivity contribution is -0.117. The summed E-state index contributed by atoms with van der Waals surface area (Å²) >= 11 is 6.08. The zero-order valence-electron chi connectivity index (χ0n) is 19.2. The highest BCUT2D eigenvalue weighted by Gasteiger charge is 2.38. The van der Waals surface area contributed by atoms with E-state index in [0.29, 0.717) is 22.8 Å². The van der Waals surface area contributed by atoms with Crippen molar-refractivity contribution in [3.63, 3.8) is 0 Å². The van der Waals surface area contributed by atoms with Crippen LogP contribution in [0.25, 0.3) is 0 Å². The SMILES string of the molecule is COc1cccc(C(=O)N2c3ccc(C)cc3C(N(C(C)=O)c3ccc(Cl)cc3)CC2C)c1. The minimum atomic E-state index is -0.206. The second-order valence-corrected chi connectivity index (χ2v) is 8.87. The standard InChI is InChI=1S/C27H27ClN2O3/c1-17-8-13-25-24(14-17)26(30(19(3)31)22-11-9-21(28)10-12-22)15-18(2)29(25)27(32)20-6-5-7-23(16-20)33-4/h5-14,16,18,26H,15H2,1-4H3. The highest BCUT2D eigenvalue weighted by Crippen LogP contribution is 2.43. The molecule has 1 aliphatic rings. The quantitative estimate of drug-likeness (QED) is 0.464. The van der Waals surface area contributed by atoms with Crippen LogP contribution in [-0.2, 0) is 4.79 Å². The van der Waals surface area contributed by atoms with Crippen LogP contribution in [0.4, 0.5) is 11.4 Å². The number of carbonyl (C=O) groups excluding carboxylic acids is 2. The third-order valence-electron chi connectivity index (χ3n) is 6.10. The van der Waals surface area contributed by atoms with Crippen molar-refractivity contribution in [3.8, 4) is 5.75 Å². The topological polar surface area (TPSA) is 49.9 Å². The van der Waals surface area contributed by atoms with Crippen molar-refractivity contribution in [2.45, 2.75) is 39.3 Å². The van der Waals surface area contributed by atoms with Crippen LogP contribution in [0.1, 0.15) is 47.8 Å². The lowest BCUT2D eigenvalue weighted by atomic mass is 9.88. The van der Waals surface area contributed by atoms with Gasteiger partial charge in [-0.2, -0.15) is 0 Å². The van der Waals surface area contributed by atoms with Gasteiger partial charge in [0.2, 0.25) is 5.91 Å². The number of halogens is 1. The van der Waals surface area contributed by atoms with Gasteiger partial charge in [-0.05, 0) is 74.4 Å². The molecule has 0 aromatic heterocycles. The van der Waals surface area contributed by atoms with Gasteiger partial charge in [0.15, 0.2) is 0 Å². The summed E-state index contributed by atoms with van der Waals surface area (Å²) in [6, 6.07) is 20.2. The number of fused-ring (bicyclic) bond motifs is 1. The highest BCUT2D eigenvalue weighted by molar-refractivity contribution is 6.30. The number of benzene rings is 3. The molecule has 3 aromatic carbocycles. The molecule has 0 saturated carbocycles. The maximum atomic E-state index is 13.6. The number of nitrogens with zero attached hydrogens (tertiary/aromatic N) is 2. The molecule has 0 saturated heterocycles. The van der Waals surface area contributed by atoms with E-state index in [2.05, 4.69) is 6.07 Å². The van der Waals surface area contributed by atoms with E-state index in [1.807, 2.05) is 55.1 Å². The Bertz CT molecular complexity index is 1190. The molecule has 170 valence electrons. The normalized spacial score (nSPS) is 17.3. The van der Waals surface area contributed by atoms with Crippen LogP contribution in [0.5, 0.6) is 5.75 Å². The maximum absolute atomic E-state index is 13.6. The number of ether oxygens (including phenoxy) is 1. The molecule has 0 spiro atoms. The molecule has 0 N–H and O–H groups in total. The molecule has 2 atom stereocenters. The molecule has 4 rings (SSSR count). The molecule has 2 amide bonds. The Hall–Kier alpha value is -3.31. The van der Waals surface area contributed by atoms with Gasteiger partial charge in [0.1, 0.15) is 5.75 Å². The number of amides is 2. The lowest BCUT2D eigenvalue weighted by Gasteiger charge is -2.43. The molecule has 0 aliphatic carbocycles. The van der Waals surface area contributed by atoms with Crippen molar-refractivity contribution in [2.75, 3.05) is 16.9 Å². The Morgan fingerprint density at radius 2 is 1.79 bits per heavy atom. The van der Waals surface area contributed by atoms with Gasteiger partial charge in [-0.1, -0.05) is 35.4 Å². The molecule has 0 radical (unpaired) electrons. The third kappa shape index (κ3) is 4.46. The summed E-state index contributed by atoms with van der Waals surface area (Å²) in [7, 11) is 1.59. The predicted octanol–water partition coefficient (Wildman–Crippen LogP) is 6.19. The summed E-state index contributed by atoms with van der Waals surface area (Å²) in [5.74, 6) is 0.485. The first kappa shape index (κ1) is 22.9. The van der Waals surface area contributed by atoms with Gasteiger partial charge < -0.3 is 14.5 Å². The highest BCUT2D eigenvalue weighted by atomic mass is 35.5. The van der Waals surface area contributed by atoms with Crippen molar-refractivity contribution in [1.82, 2.24) is 0 Å². The number of anilines is 2. The van der Waals surface area contributed by atoms with Gasteiger partial charge in [-0.25, -0.2) is 0 Å². The molecule has 1 aliphatic heterocycles. The van der Waals surface area contributed by atoms with E-state index in [0.717, 1.165) is 22.5 Å². The Kier molecular flexibility index (Phi) is 6.43. The molecule has 33 heavy (non-hydrogen) atoms. The van der Waals surface area contributed by atoms with Crippen LogP contribution in [0.2, 0.25) is 5.02 Å². The number of carbonyl (C=O) groups is 2. The van der Waals surface area contributed by atoms with Crippen LogP contribution in [0, 0.1) is 6.92 Å². The second-order valence-electron chi connectivity index (χ2n) is 8.44. The van der Waals surface area contributed by atoms with E-state index in [4.69, 9.17) is 16.3 Å². The van der Waals surface area contributed by atoms with E-state index < -0.39 is 0 Å². The predicted molar refractivity (Wildman–Crippen MR) is 132 cm³/mol. The lowest BCUT2D eigenvalue weighted by Crippen LogP contribution is -2.47. The van der Waals surface area contributed by atoms with Gasteiger partial charge in [0.25, 0.3) is 5.91 Å². The average Bonchev–Trinajstić information content (AvgIpc) is 2.80. The molecular formula is C27H27ClN2O3. The summed E-state index contributed by atoms with van der Waals surface area (Å²) in [6.07, 6.45) is 0.606. The molecule has 0 fully saturated rings. The molecular weight excluding hydrogens is 436 g/mol. The van der Waals surface area contributed by atoms with E-state index >= 15 is 0 Å². The van der Waals surface area contributed by atoms with Crippen LogP contribution < -0.4 is 14.5 Å². The zero-order valence-corrected chi connectivity index (χ0v) is 20.0. The van der Waals surface area contributed by atoms with Crippen LogP contribution >= 0.6 is 11.6 Å². The first-order chi connectivity index (χ1) is 15.8. The van der Waals surface area contributed by atoms with E-state index in [1.54, 1.807) is 43.2 Å². The fraction of sp³-hybridized carbons (Fsp3) is 0.259. The van der Waals surface area contributed by atoms with E-state index in [-0.39, 0.29) is 23.9 Å². The number of hydrogen-bond acceptors (Lipinski definition) is 3. The van der Waals surface area contributed by atoms with Crippen molar-refractivity contribution >= 4 is 34.8 Å². The summed E-state index contributed by atoms with van der Waals surface area (Å²) in [5, 5.41) is 0.616. The fourth-order valence-electron chi connectivity index (χ4n) is 4.59. The first-order valence-electron chi connectivity index (χ1n) is 10.9. The average molecular weight is 463 g/mol. The smallest absolute Gasteiger partial charge is 0.258 e. The number of methoxy groups -OCH3 is 1. The van der Waals surface area contributed by atoms with E-state index in [1.165, 1.54) is 0 Å². The molecule has 3 aromatic rings. The maximum Gasteiger partial charge on any atom is 0.258 e. The van der Waals surface area contributed by atoms with Crippen molar-refractivity contribution in [2.24, 2.45) is 0 Å². The van der Waals surface area contributed by atoms with E-state index in [9.17, 15) is 9.59 Å². The van der Waals surface area contributed by atoms with Crippen molar-refractivity contribution < 1.29 is 14.3 Å². The van der Waals surface area contributed by atoms with Gasteiger partial charge in [-0.15, -0.1) is 0 Å². The third-order valence-corrected chi connectivity index (χ3v) is 6.35. The summed E-state index contributed by atoms with van der Waals surface area (Å²) in [4.78, 5) is 30.1. The molecule has 5 nitrogen and oxygen atoms in total. The van der Waals surface area contributed by atoms with Gasteiger partial charge in [0, 0.05) is 34.9 Å². The minimum Gasteiger partial charge on any atom is -0.497 e. The van der Waals surface area contributed by atoms with Crippen LogP contribution in [0.3, 0.4) is 0 Å². The molecule has 2 unspecified atom stereocenters. The molecule has 1 heterocycles. The fourth-order valence-corrected chi connectivity index (χ4v) is 4.71. The van der Waals surface area contributed by atoms with Gasteiger partial charge in [0.05, 0.1) is 13.2 Å². The largest absolute Gasteiger partial charge is 0.497 e. The summed E-state index contributed by atoms with van der Waals surface area (Å²) in [6.45, 7) is 5.61. The van der Waals surface area contributed by atoms with Crippen LogP contribution in [-0.4, -0.2) is 25.0 Å². The zero-order chi connectivity index (χ0) is 23.7. The Morgan fingerprint density at radius 1 is 1.06 bits per heavy atom. The Balaban J connectivity index is 1.80. The number of rotatable bonds is 4. The Morgan fingerprint density at radius 3 is 2.45 bits per heavy atom. The van der Waals surface area contributed by atoms with Gasteiger partial charge >= 0.3 is 0 Å². The summed E-state index contributed by atoms with van der Waals surface area (Å²) in [5.41, 5.74) is 4.19. The van der Waals surface area contributed by atoms with Gasteiger partial charge in [-0.3, -0.25) is 9.59 Å². The number of hydrogen-bond donors (Lipinski definition) is 0. The summed E-state index contributed by atoms with van der Waals surface area (Å²) < 4.78 is 5.31. The minimum absolute atomic E-state index is 0.0606. The van der Waals surface area contributed by atoms with Crippen LogP contribution in [0.15, 0.2) is 66.7 Å². The second kappa shape index (κ2) is 9.28. The molecule has 0 bridgehead atoms. The van der Waals surface area contributed by atoms with Crippen molar-refractivity contribution in [1.29, 1.82) is 0 Å². The van der Waals surface area contributed by atoms with Crippen molar-refractivity contribution in [3.05, 3.63) is 88.4 Å². The Labute approximate surface area is 199 Å².